The summed E-state index contributed by atoms with van der Waals surface area (Å²) < 4.78 is 8.19. The lowest BCUT2D eigenvalue weighted by atomic mass is 10.0. The number of ether oxygens (including phenoxy) is 1. The van der Waals surface area contributed by atoms with Crippen LogP contribution in [-0.4, -0.2) is 17.5 Å². The number of fused-ring (bicyclic) bond motifs is 1. The zero-order valence-electron chi connectivity index (χ0n) is 12.1. The third kappa shape index (κ3) is 2.29. The van der Waals surface area contributed by atoms with Crippen molar-refractivity contribution in [2.45, 2.75) is 0 Å². The molecule has 0 saturated carbocycles. The average Bonchev–Trinajstić information content (AvgIpc) is 2.62. The Hall–Kier alpha value is -2.87. The minimum absolute atomic E-state index is 0.529. The van der Waals surface area contributed by atoms with E-state index in [1.165, 1.54) is 5.56 Å². The summed E-state index contributed by atoms with van der Waals surface area (Å²) >= 11 is 0. The van der Waals surface area contributed by atoms with Crippen LogP contribution in [0.25, 0.3) is 11.1 Å². The van der Waals surface area contributed by atoms with Gasteiger partial charge in [-0.15, -0.1) is 0 Å². The van der Waals surface area contributed by atoms with Gasteiger partial charge in [-0.3, -0.25) is 0 Å². The van der Waals surface area contributed by atoms with Gasteiger partial charge in [-0.1, -0.05) is 60.7 Å². The predicted octanol–water partition coefficient (Wildman–Crippen LogP) is 4.47. The van der Waals surface area contributed by atoms with E-state index in [1.807, 2.05) is 24.3 Å². The highest BCUT2D eigenvalue weighted by molar-refractivity contribution is 5.87. The third-order valence-electron chi connectivity index (χ3n) is 3.86. The van der Waals surface area contributed by atoms with Gasteiger partial charge in [0.25, 0.3) is 6.73 Å². The molecule has 2 nitrogen and oxygen atoms in total. The molecule has 1 aliphatic heterocycles. The van der Waals surface area contributed by atoms with Crippen molar-refractivity contribution in [3.05, 3.63) is 84.4 Å². The van der Waals surface area contributed by atoms with Crippen molar-refractivity contribution < 1.29 is 9.31 Å². The molecule has 0 saturated heterocycles. The quantitative estimate of drug-likeness (QED) is 0.633. The Bertz CT molecular complexity index is 823. The first-order chi connectivity index (χ1) is 10.9. The summed E-state index contributed by atoms with van der Waals surface area (Å²) in [7, 11) is 0. The number of hydrogen-bond acceptors (Lipinski definition) is 1. The lowest BCUT2D eigenvalue weighted by molar-refractivity contribution is -0.476. The molecule has 1 aliphatic rings. The molecule has 0 bridgehead atoms. The molecule has 0 radical (unpaired) electrons. The second-order valence-corrected chi connectivity index (χ2v) is 5.30. The lowest BCUT2D eigenvalue weighted by Gasteiger charge is -2.17. The molecule has 22 heavy (non-hydrogen) atoms. The van der Waals surface area contributed by atoms with Crippen molar-refractivity contribution in [2.75, 3.05) is 6.73 Å². The van der Waals surface area contributed by atoms with Gasteiger partial charge in [0, 0.05) is 17.7 Å². The van der Waals surface area contributed by atoms with Crippen LogP contribution in [0.5, 0.6) is 5.75 Å². The van der Waals surface area contributed by atoms with Crippen LogP contribution in [0.1, 0.15) is 5.56 Å². The zero-order chi connectivity index (χ0) is 14.8. The Balaban J connectivity index is 1.80. The third-order valence-corrected chi connectivity index (χ3v) is 3.86. The molecule has 0 N–H and O–H groups in total. The monoisotopic (exact) mass is 286 g/mol. The standard InChI is InChI=1S/C20H16NO/c1-3-8-16(9-4-1)19-13-7-10-17-14-21(15-22-20(17)19)18-11-5-2-6-12-18/h1-14H,15H2/q+1. The second-order valence-electron chi connectivity index (χ2n) is 5.30. The molecule has 1 heterocycles. The van der Waals surface area contributed by atoms with E-state index in [-0.39, 0.29) is 0 Å². The van der Waals surface area contributed by atoms with E-state index in [0.29, 0.717) is 6.73 Å². The van der Waals surface area contributed by atoms with Crippen LogP contribution in [0.2, 0.25) is 0 Å². The summed E-state index contributed by atoms with van der Waals surface area (Å²) in [5, 5.41) is 0. The van der Waals surface area contributed by atoms with E-state index in [0.717, 1.165) is 22.6 Å². The van der Waals surface area contributed by atoms with E-state index >= 15 is 0 Å². The maximum Gasteiger partial charge on any atom is 0.292 e. The van der Waals surface area contributed by atoms with Crippen molar-refractivity contribution in [1.29, 1.82) is 0 Å². The van der Waals surface area contributed by atoms with E-state index in [9.17, 15) is 0 Å². The summed E-state index contributed by atoms with van der Waals surface area (Å²) in [4.78, 5) is 0. The van der Waals surface area contributed by atoms with Crippen molar-refractivity contribution >= 4 is 11.9 Å². The number of hydrogen-bond donors (Lipinski definition) is 0. The minimum Gasteiger partial charge on any atom is -0.434 e. The molecule has 0 spiro atoms. The van der Waals surface area contributed by atoms with E-state index in [1.54, 1.807) is 0 Å². The topological polar surface area (TPSA) is 12.2 Å². The van der Waals surface area contributed by atoms with E-state index in [4.69, 9.17) is 4.74 Å². The van der Waals surface area contributed by atoms with Crippen LogP contribution < -0.4 is 4.74 Å². The summed E-state index contributed by atoms with van der Waals surface area (Å²) in [5.74, 6) is 0.959. The van der Waals surface area contributed by atoms with Gasteiger partial charge < -0.3 is 4.74 Å². The minimum atomic E-state index is 0.529. The molecule has 0 aromatic heterocycles. The summed E-state index contributed by atoms with van der Waals surface area (Å²) in [6.45, 7) is 0.529. The molecule has 3 aromatic carbocycles. The van der Waals surface area contributed by atoms with Crippen molar-refractivity contribution in [1.82, 2.24) is 0 Å². The zero-order valence-corrected chi connectivity index (χ0v) is 12.1. The van der Waals surface area contributed by atoms with Crippen LogP contribution in [-0.2, 0) is 0 Å². The smallest absolute Gasteiger partial charge is 0.292 e. The van der Waals surface area contributed by atoms with Gasteiger partial charge in [0.2, 0.25) is 5.69 Å². The fraction of sp³-hybridized carbons (Fsp3) is 0.0500. The average molecular weight is 286 g/mol. The van der Waals surface area contributed by atoms with Gasteiger partial charge >= 0.3 is 0 Å². The summed E-state index contributed by atoms with van der Waals surface area (Å²) in [6, 6.07) is 26.9. The molecule has 0 atom stereocenters. The van der Waals surface area contributed by atoms with Gasteiger partial charge in [0.15, 0.2) is 6.21 Å². The number of benzene rings is 3. The highest BCUT2D eigenvalue weighted by atomic mass is 16.5. The molecule has 0 aliphatic carbocycles. The van der Waals surface area contributed by atoms with E-state index < -0.39 is 0 Å². The van der Waals surface area contributed by atoms with Crippen LogP contribution in [0.15, 0.2) is 78.9 Å². The molecule has 4 rings (SSSR count). The lowest BCUT2D eigenvalue weighted by Crippen LogP contribution is -2.21. The summed E-state index contributed by atoms with van der Waals surface area (Å²) in [5.41, 5.74) is 4.57. The van der Waals surface area contributed by atoms with Crippen molar-refractivity contribution in [3.63, 3.8) is 0 Å². The Labute approximate surface area is 129 Å². The maximum absolute atomic E-state index is 6.07. The van der Waals surface area contributed by atoms with Gasteiger partial charge in [-0.25, -0.2) is 0 Å². The number of para-hydroxylation sites is 2. The maximum atomic E-state index is 6.07. The van der Waals surface area contributed by atoms with Gasteiger partial charge in [0.1, 0.15) is 5.75 Å². The fourth-order valence-corrected chi connectivity index (χ4v) is 2.77. The first-order valence-corrected chi connectivity index (χ1v) is 7.39. The van der Waals surface area contributed by atoms with Crippen molar-refractivity contribution in [2.24, 2.45) is 0 Å². The van der Waals surface area contributed by atoms with Crippen molar-refractivity contribution in [3.8, 4) is 16.9 Å². The first-order valence-electron chi connectivity index (χ1n) is 7.39. The van der Waals surface area contributed by atoms with Crippen LogP contribution >= 0.6 is 0 Å². The number of nitrogens with zero attached hydrogens (tertiary/aromatic N) is 1. The Morgan fingerprint density at radius 2 is 1.45 bits per heavy atom. The first kappa shape index (κ1) is 12.8. The van der Waals surface area contributed by atoms with Gasteiger partial charge in [0.05, 0.1) is 5.56 Å². The molecule has 106 valence electrons. The van der Waals surface area contributed by atoms with Gasteiger partial charge in [-0.2, -0.15) is 4.58 Å². The molecular weight excluding hydrogens is 270 g/mol. The highest BCUT2D eigenvalue weighted by Crippen LogP contribution is 2.34. The fourth-order valence-electron chi connectivity index (χ4n) is 2.77. The molecule has 0 fully saturated rings. The van der Waals surface area contributed by atoms with E-state index in [2.05, 4.69) is 65.4 Å². The predicted molar refractivity (Wildman–Crippen MR) is 88.9 cm³/mol. The Morgan fingerprint density at radius 3 is 2.23 bits per heavy atom. The normalized spacial score (nSPS) is 13.0. The SMILES string of the molecule is C1=[N+](c2ccccc2)COc2c1cccc2-c1ccccc1. The largest absolute Gasteiger partial charge is 0.434 e. The molecule has 2 heteroatoms. The highest BCUT2D eigenvalue weighted by Gasteiger charge is 2.21. The Morgan fingerprint density at radius 1 is 0.727 bits per heavy atom. The summed E-state index contributed by atoms with van der Waals surface area (Å²) in [6.07, 6.45) is 2.15. The van der Waals surface area contributed by atoms with Gasteiger partial charge in [-0.05, 0) is 11.6 Å². The molecule has 0 unspecified atom stereocenters. The Kier molecular flexibility index (Phi) is 3.20. The molecule has 3 aromatic rings. The number of rotatable bonds is 2. The second kappa shape index (κ2) is 5.49. The molecule has 0 amide bonds. The molecular formula is C20H16NO+. The van der Waals surface area contributed by atoms with Crippen LogP contribution in [0.3, 0.4) is 0 Å². The van der Waals surface area contributed by atoms with Crippen LogP contribution in [0.4, 0.5) is 5.69 Å². The van der Waals surface area contributed by atoms with Crippen LogP contribution in [0, 0.1) is 0 Å².